The van der Waals surface area contributed by atoms with Crippen LogP contribution < -0.4 is 5.73 Å². The van der Waals surface area contributed by atoms with E-state index < -0.39 is 30.7 Å². The maximum absolute atomic E-state index is 12.6. The smallest absolute Gasteiger partial charge is 0.326 e. The molecule has 1 rings (SSSR count). The second-order valence-corrected chi connectivity index (χ2v) is 4.73. The number of hydrogen-bond acceptors (Lipinski definition) is 2. The van der Waals surface area contributed by atoms with E-state index in [0.717, 1.165) is 0 Å². The molecule has 0 aliphatic heterocycles. The summed E-state index contributed by atoms with van der Waals surface area (Å²) in [5.74, 6) is -3.55. The lowest BCUT2D eigenvalue weighted by atomic mass is 9.95. The summed E-state index contributed by atoms with van der Waals surface area (Å²) in [5.41, 5.74) is 6.10. The average Bonchev–Trinajstić information content (AvgIpc) is 2.67. The summed E-state index contributed by atoms with van der Waals surface area (Å²) in [6.07, 6.45) is -10.9. The molecule has 0 aliphatic carbocycles. The van der Waals surface area contributed by atoms with Crippen molar-refractivity contribution in [1.82, 2.24) is 9.78 Å². The summed E-state index contributed by atoms with van der Waals surface area (Å²) < 4.78 is 77.0. The van der Waals surface area contributed by atoms with E-state index in [9.17, 15) is 26.3 Å². The molecular weight excluding hydrogens is 300 g/mol. The second kappa shape index (κ2) is 6.25. The fraction of sp³-hybridized carbons (Fsp3) is 0.750. The van der Waals surface area contributed by atoms with Crippen molar-refractivity contribution < 1.29 is 26.3 Å². The fourth-order valence-corrected chi connectivity index (χ4v) is 2.16. The third kappa shape index (κ3) is 4.36. The van der Waals surface area contributed by atoms with Gasteiger partial charge in [0.25, 0.3) is 0 Å². The highest BCUT2D eigenvalue weighted by Gasteiger charge is 2.59. The van der Waals surface area contributed by atoms with Crippen molar-refractivity contribution in [2.24, 2.45) is 11.7 Å². The van der Waals surface area contributed by atoms with Gasteiger partial charge in [-0.15, -0.1) is 0 Å². The molecule has 0 fully saturated rings. The Morgan fingerprint density at radius 1 is 1.14 bits per heavy atom. The van der Waals surface area contributed by atoms with Crippen LogP contribution in [0.5, 0.6) is 0 Å². The Morgan fingerprint density at radius 3 is 2.05 bits per heavy atom. The van der Waals surface area contributed by atoms with Crippen LogP contribution >= 0.6 is 0 Å². The normalized spacial score (nSPS) is 14.8. The molecule has 0 spiro atoms. The number of alkyl halides is 6. The molecule has 2 N–H and O–H groups in total. The lowest BCUT2D eigenvalue weighted by Crippen LogP contribution is -2.50. The minimum atomic E-state index is -5.43. The van der Waals surface area contributed by atoms with Gasteiger partial charge in [-0.2, -0.15) is 31.4 Å². The first kappa shape index (κ1) is 17.8. The van der Waals surface area contributed by atoms with Gasteiger partial charge in [0, 0.05) is 24.7 Å². The largest absolute Gasteiger partial charge is 0.402 e. The van der Waals surface area contributed by atoms with Gasteiger partial charge in [0.1, 0.15) is 0 Å². The third-order valence-electron chi connectivity index (χ3n) is 3.15. The molecule has 9 heteroatoms. The van der Waals surface area contributed by atoms with E-state index in [1.165, 1.54) is 10.7 Å². The van der Waals surface area contributed by atoms with Gasteiger partial charge in [-0.25, -0.2) is 0 Å². The lowest BCUT2D eigenvalue weighted by molar-refractivity contribution is -0.289. The second-order valence-electron chi connectivity index (χ2n) is 4.73. The summed E-state index contributed by atoms with van der Waals surface area (Å²) in [7, 11) is 0. The molecule has 1 atom stereocenters. The van der Waals surface area contributed by atoms with Crippen molar-refractivity contribution in [3.8, 4) is 0 Å². The van der Waals surface area contributed by atoms with E-state index in [4.69, 9.17) is 5.73 Å². The zero-order valence-corrected chi connectivity index (χ0v) is 11.6. The van der Waals surface area contributed by atoms with Crippen LogP contribution in [0.1, 0.15) is 25.2 Å². The van der Waals surface area contributed by atoms with E-state index in [-0.39, 0.29) is 5.69 Å². The standard InChI is InChI=1S/C12H17F6N3/c1-3-7-5-8(21(4-2)20-7)6-9(19)10(11(13,14)15)12(16,17)18/h5,9-10H,3-4,6,19H2,1-2H3. The molecular formula is C12H17F6N3. The van der Waals surface area contributed by atoms with E-state index in [0.29, 0.717) is 18.7 Å². The van der Waals surface area contributed by atoms with Crippen LogP contribution in [0.4, 0.5) is 26.3 Å². The van der Waals surface area contributed by atoms with Crippen LogP contribution in [-0.4, -0.2) is 28.2 Å². The number of aromatic nitrogens is 2. The van der Waals surface area contributed by atoms with Crippen molar-refractivity contribution in [1.29, 1.82) is 0 Å². The highest BCUT2D eigenvalue weighted by atomic mass is 19.4. The van der Waals surface area contributed by atoms with Gasteiger partial charge in [0.2, 0.25) is 0 Å². The highest BCUT2D eigenvalue weighted by molar-refractivity contribution is 5.12. The van der Waals surface area contributed by atoms with Gasteiger partial charge in [0.05, 0.1) is 5.69 Å². The summed E-state index contributed by atoms with van der Waals surface area (Å²) in [4.78, 5) is 0. The molecule has 21 heavy (non-hydrogen) atoms. The molecule has 0 saturated carbocycles. The molecule has 0 aromatic carbocycles. The molecule has 1 aromatic heterocycles. The van der Waals surface area contributed by atoms with Gasteiger partial charge < -0.3 is 5.73 Å². The predicted molar refractivity (Wildman–Crippen MR) is 64.6 cm³/mol. The Morgan fingerprint density at radius 2 is 1.67 bits per heavy atom. The van der Waals surface area contributed by atoms with Crippen molar-refractivity contribution in [2.75, 3.05) is 0 Å². The molecule has 122 valence electrons. The van der Waals surface area contributed by atoms with Crippen LogP contribution in [-0.2, 0) is 19.4 Å². The molecule has 0 saturated heterocycles. The van der Waals surface area contributed by atoms with Crippen LogP contribution in [0.25, 0.3) is 0 Å². The van der Waals surface area contributed by atoms with Crippen LogP contribution in [0.3, 0.4) is 0 Å². The van der Waals surface area contributed by atoms with Gasteiger partial charge in [-0.05, 0) is 19.4 Å². The molecule has 3 nitrogen and oxygen atoms in total. The van der Waals surface area contributed by atoms with Gasteiger partial charge >= 0.3 is 12.4 Å². The molecule has 1 unspecified atom stereocenters. The van der Waals surface area contributed by atoms with E-state index in [1.807, 2.05) is 0 Å². The van der Waals surface area contributed by atoms with Crippen LogP contribution in [0.15, 0.2) is 6.07 Å². The first-order valence-electron chi connectivity index (χ1n) is 6.45. The zero-order chi connectivity index (χ0) is 16.4. The maximum Gasteiger partial charge on any atom is 0.402 e. The predicted octanol–water partition coefficient (Wildman–Crippen LogP) is 3.08. The minimum absolute atomic E-state index is 0.278. The van der Waals surface area contributed by atoms with E-state index in [1.54, 1.807) is 13.8 Å². The van der Waals surface area contributed by atoms with Gasteiger partial charge in [0.15, 0.2) is 5.92 Å². The SMILES string of the molecule is CCc1cc(CC(N)C(C(F)(F)F)C(F)(F)F)n(CC)n1. The number of nitrogens with two attached hydrogens (primary N) is 1. The number of hydrogen-bond donors (Lipinski definition) is 1. The van der Waals surface area contributed by atoms with E-state index in [2.05, 4.69) is 5.10 Å². The molecule has 0 bridgehead atoms. The van der Waals surface area contributed by atoms with Crippen LogP contribution in [0.2, 0.25) is 0 Å². The molecule has 0 aliphatic rings. The summed E-state index contributed by atoms with van der Waals surface area (Å²) in [6.45, 7) is 3.84. The van der Waals surface area contributed by atoms with Crippen molar-refractivity contribution in [2.45, 2.75) is 51.6 Å². The van der Waals surface area contributed by atoms with Gasteiger partial charge in [-0.1, -0.05) is 6.92 Å². The minimum Gasteiger partial charge on any atom is -0.326 e. The summed E-state index contributed by atoms with van der Waals surface area (Å²) in [6, 6.07) is -0.607. The monoisotopic (exact) mass is 317 g/mol. The quantitative estimate of drug-likeness (QED) is 0.848. The number of aryl methyl sites for hydroxylation is 2. The lowest BCUT2D eigenvalue weighted by Gasteiger charge is -2.28. The van der Waals surface area contributed by atoms with Crippen molar-refractivity contribution in [3.63, 3.8) is 0 Å². The zero-order valence-electron chi connectivity index (χ0n) is 11.6. The van der Waals surface area contributed by atoms with Crippen molar-refractivity contribution >= 4 is 0 Å². The number of nitrogens with zero attached hydrogens (tertiary/aromatic N) is 2. The third-order valence-corrected chi connectivity index (χ3v) is 3.15. The van der Waals surface area contributed by atoms with Crippen molar-refractivity contribution in [3.05, 3.63) is 17.5 Å². The Labute approximate surface area is 118 Å². The molecule has 1 aromatic rings. The summed E-state index contributed by atoms with van der Waals surface area (Å²) >= 11 is 0. The van der Waals surface area contributed by atoms with E-state index >= 15 is 0 Å². The first-order chi connectivity index (χ1) is 9.50. The number of halogens is 6. The first-order valence-corrected chi connectivity index (χ1v) is 6.45. The molecule has 1 heterocycles. The summed E-state index contributed by atoms with van der Waals surface area (Å²) in [5, 5.41) is 4.08. The Bertz CT molecular complexity index is 449. The molecule has 0 radical (unpaired) electrons. The maximum atomic E-state index is 12.6. The molecule has 0 amide bonds. The van der Waals surface area contributed by atoms with Gasteiger partial charge in [-0.3, -0.25) is 4.68 Å². The Balaban J connectivity index is 3.02. The fourth-order valence-electron chi connectivity index (χ4n) is 2.16. The average molecular weight is 317 g/mol. The Kier molecular flexibility index (Phi) is 5.30. The topological polar surface area (TPSA) is 43.8 Å². The number of rotatable bonds is 5. The Hall–Kier alpha value is -1.25. The van der Waals surface area contributed by atoms with Crippen LogP contribution in [0, 0.1) is 5.92 Å². The highest BCUT2D eigenvalue weighted by Crippen LogP contribution is 2.41.